The summed E-state index contributed by atoms with van der Waals surface area (Å²) >= 11 is 6.00. The molecule has 1 fully saturated rings. The van der Waals surface area contributed by atoms with Gasteiger partial charge in [-0.25, -0.2) is 0 Å². The van der Waals surface area contributed by atoms with E-state index in [1.165, 1.54) is 18.4 Å². The Morgan fingerprint density at radius 3 is 2.62 bits per heavy atom. The highest BCUT2D eigenvalue weighted by Gasteiger charge is 2.42. The van der Waals surface area contributed by atoms with Gasteiger partial charge in [-0.1, -0.05) is 0 Å². The molecule has 16 heavy (non-hydrogen) atoms. The molecule has 2 nitrogen and oxygen atoms in total. The number of hydrogen-bond acceptors (Lipinski definition) is 2. The van der Waals surface area contributed by atoms with Crippen molar-refractivity contribution in [1.82, 2.24) is 4.98 Å². The van der Waals surface area contributed by atoms with Gasteiger partial charge >= 0.3 is 0 Å². The average molecular weight is 240 g/mol. The van der Waals surface area contributed by atoms with Crippen LogP contribution in [0.3, 0.4) is 0 Å². The molecule has 1 aliphatic carbocycles. The predicted octanol–water partition coefficient (Wildman–Crippen LogP) is 3.27. The van der Waals surface area contributed by atoms with E-state index in [0.717, 1.165) is 29.3 Å². The fourth-order valence-electron chi connectivity index (χ4n) is 2.14. The highest BCUT2D eigenvalue weighted by molar-refractivity contribution is 6.18. The van der Waals surface area contributed by atoms with Crippen molar-refractivity contribution in [2.24, 2.45) is 5.41 Å². The third-order valence-corrected chi connectivity index (χ3v) is 4.10. The number of rotatable bonds is 4. The van der Waals surface area contributed by atoms with Crippen LogP contribution in [0.4, 0.5) is 0 Å². The first kappa shape index (κ1) is 11.7. The van der Waals surface area contributed by atoms with E-state index in [9.17, 15) is 0 Å². The SMILES string of the molecule is COc1c(C)cnc(CC2(CCl)CC2)c1C. The summed E-state index contributed by atoms with van der Waals surface area (Å²) in [7, 11) is 1.72. The third-order valence-electron chi connectivity index (χ3n) is 3.53. The zero-order chi connectivity index (χ0) is 11.8. The van der Waals surface area contributed by atoms with Crippen LogP contribution in [-0.4, -0.2) is 18.0 Å². The van der Waals surface area contributed by atoms with E-state index in [1.54, 1.807) is 7.11 Å². The molecule has 0 aromatic carbocycles. The van der Waals surface area contributed by atoms with E-state index in [4.69, 9.17) is 16.3 Å². The zero-order valence-corrected chi connectivity index (χ0v) is 10.9. The average Bonchev–Trinajstić information content (AvgIpc) is 3.04. The monoisotopic (exact) mass is 239 g/mol. The fourth-order valence-corrected chi connectivity index (χ4v) is 2.50. The normalized spacial score (nSPS) is 17.2. The van der Waals surface area contributed by atoms with Crippen molar-refractivity contribution in [2.75, 3.05) is 13.0 Å². The van der Waals surface area contributed by atoms with Crippen LogP contribution >= 0.6 is 11.6 Å². The highest BCUT2D eigenvalue weighted by atomic mass is 35.5. The summed E-state index contributed by atoms with van der Waals surface area (Å²) in [5.41, 5.74) is 3.72. The summed E-state index contributed by atoms with van der Waals surface area (Å²) in [5, 5.41) is 0. The van der Waals surface area contributed by atoms with Gasteiger partial charge in [0.25, 0.3) is 0 Å². The molecule has 88 valence electrons. The van der Waals surface area contributed by atoms with Crippen molar-refractivity contribution >= 4 is 11.6 Å². The maximum Gasteiger partial charge on any atom is 0.128 e. The van der Waals surface area contributed by atoms with Gasteiger partial charge in [-0.15, -0.1) is 11.6 Å². The number of aryl methyl sites for hydroxylation is 1. The van der Waals surface area contributed by atoms with Crippen molar-refractivity contribution in [2.45, 2.75) is 33.1 Å². The van der Waals surface area contributed by atoms with Gasteiger partial charge in [0.1, 0.15) is 5.75 Å². The Bertz CT molecular complexity index is 399. The van der Waals surface area contributed by atoms with Crippen molar-refractivity contribution in [1.29, 1.82) is 0 Å². The number of ether oxygens (including phenoxy) is 1. The number of methoxy groups -OCH3 is 1. The Labute approximate surface area is 102 Å². The van der Waals surface area contributed by atoms with Gasteiger partial charge in [-0.2, -0.15) is 0 Å². The summed E-state index contributed by atoms with van der Waals surface area (Å²) < 4.78 is 5.41. The largest absolute Gasteiger partial charge is 0.496 e. The fraction of sp³-hybridized carbons (Fsp3) is 0.615. The topological polar surface area (TPSA) is 22.1 Å². The molecule has 1 heterocycles. The number of halogens is 1. The van der Waals surface area contributed by atoms with Crippen LogP contribution in [0.2, 0.25) is 0 Å². The van der Waals surface area contributed by atoms with Gasteiger partial charge in [0, 0.05) is 28.9 Å². The first-order valence-electron chi connectivity index (χ1n) is 5.67. The third kappa shape index (κ3) is 2.03. The number of aromatic nitrogens is 1. The summed E-state index contributed by atoms with van der Waals surface area (Å²) in [6.07, 6.45) is 5.34. The quantitative estimate of drug-likeness (QED) is 0.753. The number of pyridine rings is 1. The lowest BCUT2D eigenvalue weighted by Gasteiger charge is -2.15. The van der Waals surface area contributed by atoms with Gasteiger partial charge in [-0.3, -0.25) is 4.98 Å². The van der Waals surface area contributed by atoms with E-state index >= 15 is 0 Å². The lowest BCUT2D eigenvalue weighted by atomic mass is 9.98. The van der Waals surface area contributed by atoms with Crippen LogP contribution in [0.15, 0.2) is 6.20 Å². The van der Waals surface area contributed by atoms with E-state index in [1.807, 2.05) is 13.1 Å². The lowest BCUT2D eigenvalue weighted by molar-refractivity contribution is 0.406. The second kappa shape index (κ2) is 4.25. The molecule has 0 aliphatic heterocycles. The second-order valence-electron chi connectivity index (χ2n) is 4.86. The molecule has 0 unspecified atom stereocenters. The first-order valence-corrected chi connectivity index (χ1v) is 6.20. The first-order chi connectivity index (χ1) is 7.62. The minimum absolute atomic E-state index is 0.319. The molecule has 3 heteroatoms. The van der Waals surface area contributed by atoms with Gasteiger partial charge in [-0.05, 0) is 38.5 Å². The lowest BCUT2D eigenvalue weighted by Crippen LogP contribution is -2.10. The molecule has 1 aromatic heterocycles. The Kier molecular flexibility index (Phi) is 3.11. The van der Waals surface area contributed by atoms with Crippen LogP contribution in [0.5, 0.6) is 5.75 Å². The van der Waals surface area contributed by atoms with E-state index in [0.29, 0.717) is 5.41 Å². The maximum atomic E-state index is 6.00. The zero-order valence-electron chi connectivity index (χ0n) is 10.1. The number of alkyl halides is 1. The standard InChI is InChI=1S/C13H18ClNO/c1-9-7-15-11(10(2)12(9)16-3)6-13(8-14)4-5-13/h7H,4-6,8H2,1-3H3. The van der Waals surface area contributed by atoms with Gasteiger partial charge in [0.2, 0.25) is 0 Å². The van der Waals surface area contributed by atoms with Crippen molar-refractivity contribution in [3.63, 3.8) is 0 Å². The van der Waals surface area contributed by atoms with Crippen LogP contribution in [0.1, 0.15) is 29.7 Å². The molecular formula is C13H18ClNO. The van der Waals surface area contributed by atoms with Crippen LogP contribution < -0.4 is 4.74 Å². The molecule has 0 atom stereocenters. The molecule has 0 amide bonds. The van der Waals surface area contributed by atoms with E-state index in [2.05, 4.69) is 11.9 Å². The number of hydrogen-bond donors (Lipinski definition) is 0. The minimum atomic E-state index is 0.319. The molecule has 0 N–H and O–H groups in total. The molecule has 0 radical (unpaired) electrons. The minimum Gasteiger partial charge on any atom is -0.496 e. The van der Waals surface area contributed by atoms with Crippen LogP contribution in [0, 0.1) is 19.3 Å². The molecular weight excluding hydrogens is 222 g/mol. The van der Waals surface area contributed by atoms with Crippen LogP contribution in [-0.2, 0) is 6.42 Å². The Balaban J connectivity index is 2.28. The Hall–Kier alpha value is -0.760. The molecule has 2 rings (SSSR count). The molecule has 1 saturated carbocycles. The van der Waals surface area contributed by atoms with Crippen molar-refractivity contribution in [3.05, 3.63) is 23.0 Å². The van der Waals surface area contributed by atoms with Gasteiger partial charge in [0.15, 0.2) is 0 Å². The summed E-state index contributed by atoms with van der Waals surface area (Å²) in [6, 6.07) is 0. The van der Waals surface area contributed by atoms with Crippen molar-refractivity contribution < 1.29 is 4.74 Å². The van der Waals surface area contributed by atoms with Gasteiger partial charge < -0.3 is 4.74 Å². The molecule has 0 saturated heterocycles. The highest BCUT2D eigenvalue weighted by Crippen LogP contribution is 2.49. The summed E-state index contributed by atoms with van der Waals surface area (Å²) in [5.74, 6) is 1.71. The molecule has 1 aliphatic rings. The molecule has 0 spiro atoms. The summed E-state index contributed by atoms with van der Waals surface area (Å²) in [6.45, 7) is 4.11. The Morgan fingerprint density at radius 2 is 2.12 bits per heavy atom. The van der Waals surface area contributed by atoms with E-state index < -0.39 is 0 Å². The number of nitrogens with zero attached hydrogens (tertiary/aromatic N) is 1. The van der Waals surface area contributed by atoms with Crippen molar-refractivity contribution in [3.8, 4) is 5.75 Å². The van der Waals surface area contributed by atoms with Crippen LogP contribution in [0.25, 0.3) is 0 Å². The Morgan fingerprint density at radius 1 is 1.44 bits per heavy atom. The summed E-state index contributed by atoms with van der Waals surface area (Å²) in [4.78, 5) is 4.52. The molecule has 1 aromatic rings. The smallest absolute Gasteiger partial charge is 0.128 e. The second-order valence-corrected chi connectivity index (χ2v) is 5.12. The maximum absolute atomic E-state index is 6.00. The van der Waals surface area contributed by atoms with Gasteiger partial charge in [0.05, 0.1) is 7.11 Å². The predicted molar refractivity (Wildman–Crippen MR) is 66.4 cm³/mol. The van der Waals surface area contributed by atoms with E-state index in [-0.39, 0.29) is 0 Å². The molecule has 0 bridgehead atoms.